The molecular formula is C14H19NO6. The number of benzene rings is 1. The minimum Gasteiger partial charge on any atom is -0.462 e. The third-order valence-corrected chi connectivity index (χ3v) is 3.00. The first kappa shape index (κ1) is 17.1. The predicted molar refractivity (Wildman–Crippen MR) is 74.9 cm³/mol. The van der Waals surface area contributed by atoms with Crippen LogP contribution in [0.25, 0.3) is 0 Å². The Morgan fingerprint density at radius 1 is 1.29 bits per heavy atom. The summed E-state index contributed by atoms with van der Waals surface area (Å²) in [4.78, 5) is 21.6. The van der Waals surface area contributed by atoms with E-state index in [2.05, 4.69) is 0 Å². The number of esters is 1. The van der Waals surface area contributed by atoms with Crippen molar-refractivity contribution < 1.29 is 24.7 Å². The van der Waals surface area contributed by atoms with Crippen molar-refractivity contribution >= 4 is 11.7 Å². The van der Waals surface area contributed by atoms with E-state index < -0.39 is 23.1 Å². The molecule has 0 saturated heterocycles. The van der Waals surface area contributed by atoms with Crippen LogP contribution >= 0.6 is 0 Å². The van der Waals surface area contributed by atoms with E-state index in [0.717, 1.165) is 0 Å². The smallest absolute Gasteiger partial charge is 0.338 e. The fraction of sp³-hybridized carbons (Fsp3) is 0.500. The van der Waals surface area contributed by atoms with Gasteiger partial charge < -0.3 is 14.9 Å². The minimum absolute atomic E-state index is 0.0846. The van der Waals surface area contributed by atoms with Gasteiger partial charge in [-0.25, -0.2) is 4.79 Å². The van der Waals surface area contributed by atoms with Gasteiger partial charge in [-0.1, -0.05) is 0 Å². The molecule has 2 N–H and O–H groups in total. The molecule has 0 aliphatic carbocycles. The number of hydrogen-bond donors (Lipinski definition) is 2. The van der Waals surface area contributed by atoms with Gasteiger partial charge in [0, 0.05) is 12.1 Å². The second-order valence-corrected chi connectivity index (χ2v) is 4.74. The van der Waals surface area contributed by atoms with Crippen LogP contribution in [0.15, 0.2) is 24.3 Å². The molecule has 1 rings (SSSR count). The van der Waals surface area contributed by atoms with Crippen molar-refractivity contribution in [2.24, 2.45) is 0 Å². The van der Waals surface area contributed by atoms with E-state index in [-0.39, 0.29) is 17.9 Å². The molecule has 1 aromatic rings. The van der Waals surface area contributed by atoms with Crippen molar-refractivity contribution in [1.29, 1.82) is 0 Å². The summed E-state index contributed by atoms with van der Waals surface area (Å²) < 4.78 is 5.02. The SMILES string of the molecule is C[C@@H](O)[C@@H](O)CCCCOC(=O)c1ccc([N+](=O)[O-])cc1. The number of ether oxygens (including phenoxy) is 1. The van der Waals surface area contributed by atoms with Crippen LogP contribution in [0.5, 0.6) is 0 Å². The van der Waals surface area contributed by atoms with Crippen LogP contribution < -0.4 is 0 Å². The third-order valence-electron chi connectivity index (χ3n) is 3.00. The molecule has 0 aromatic heterocycles. The van der Waals surface area contributed by atoms with E-state index in [4.69, 9.17) is 9.84 Å². The Morgan fingerprint density at radius 3 is 2.43 bits per heavy atom. The maximum Gasteiger partial charge on any atom is 0.338 e. The van der Waals surface area contributed by atoms with Crippen LogP contribution in [0.4, 0.5) is 5.69 Å². The molecule has 0 spiro atoms. The number of carbonyl (C=O) groups excluding carboxylic acids is 1. The molecular weight excluding hydrogens is 278 g/mol. The van der Waals surface area contributed by atoms with Gasteiger partial charge in [-0.2, -0.15) is 0 Å². The summed E-state index contributed by atoms with van der Waals surface area (Å²) in [6.45, 7) is 1.71. The lowest BCUT2D eigenvalue weighted by Crippen LogP contribution is -2.22. The molecule has 7 nitrogen and oxygen atoms in total. The Labute approximate surface area is 122 Å². The fourth-order valence-electron chi connectivity index (χ4n) is 1.66. The average Bonchev–Trinajstić information content (AvgIpc) is 2.46. The van der Waals surface area contributed by atoms with Gasteiger partial charge in [0.2, 0.25) is 0 Å². The second kappa shape index (κ2) is 8.33. The molecule has 21 heavy (non-hydrogen) atoms. The van der Waals surface area contributed by atoms with E-state index in [1.165, 1.54) is 31.2 Å². The fourth-order valence-corrected chi connectivity index (χ4v) is 1.66. The molecule has 0 aliphatic heterocycles. The zero-order valence-corrected chi connectivity index (χ0v) is 11.8. The first-order valence-electron chi connectivity index (χ1n) is 6.69. The van der Waals surface area contributed by atoms with Crippen molar-refractivity contribution in [3.05, 3.63) is 39.9 Å². The molecule has 2 atom stereocenters. The van der Waals surface area contributed by atoms with Gasteiger partial charge in [0.1, 0.15) is 0 Å². The molecule has 0 amide bonds. The molecule has 1 aromatic carbocycles. The number of aliphatic hydroxyl groups excluding tert-OH is 2. The summed E-state index contributed by atoms with van der Waals surface area (Å²) in [6, 6.07) is 5.18. The number of aliphatic hydroxyl groups is 2. The Hall–Kier alpha value is -1.99. The number of unbranched alkanes of at least 4 members (excludes halogenated alkanes) is 1. The number of rotatable bonds is 8. The molecule has 7 heteroatoms. The van der Waals surface area contributed by atoms with Gasteiger partial charge in [0.15, 0.2) is 0 Å². The Bertz CT molecular complexity index is 471. The summed E-state index contributed by atoms with van der Waals surface area (Å²) in [5.74, 6) is -0.541. The van der Waals surface area contributed by atoms with Crippen LogP contribution in [-0.2, 0) is 4.74 Å². The van der Waals surface area contributed by atoms with Crippen LogP contribution in [0, 0.1) is 10.1 Å². The molecule has 0 bridgehead atoms. The normalized spacial score (nSPS) is 13.5. The summed E-state index contributed by atoms with van der Waals surface area (Å²) in [6.07, 6.45) is 0.0949. The maximum absolute atomic E-state index is 11.6. The van der Waals surface area contributed by atoms with Gasteiger partial charge in [-0.05, 0) is 38.3 Å². The molecule has 116 valence electrons. The van der Waals surface area contributed by atoms with E-state index in [1.54, 1.807) is 0 Å². The number of non-ortho nitro benzene ring substituents is 1. The summed E-state index contributed by atoms with van der Waals surface area (Å²) in [7, 11) is 0. The second-order valence-electron chi connectivity index (χ2n) is 4.74. The lowest BCUT2D eigenvalue weighted by molar-refractivity contribution is -0.384. The number of nitro groups is 1. The number of nitro benzene ring substituents is 1. The Kier molecular flexibility index (Phi) is 6.77. The predicted octanol–water partition coefficient (Wildman–Crippen LogP) is 1.66. The monoisotopic (exact) mass is 297 g/mol. The van der Waals surface area contributed by atoms with Crippen LogP contribution in [0.1, 0.15) is 36.5 Å². The molecule has 0 radical (unpaired) electrons. The van der Waals surface area contributed by atoms with Gasteiger partial charge in [0.05, 0.1) is 29.3 Å². The van der Waals surface area contributed by atoms with Gasteiger partial charge in [0.25, 0.3) is 5.69 Å². The minimum atomic E-state index is -0.771. The van der Waals surface area contributed by atoms with E-state index in [9.17, 15) is 20.0 Å². The van der Waals surface area contributed by atoms with Crippen LogP contribution in [-0.4, -0.2) is 39.9 Å². The highest BCUT2D eigenvalue weighted by atomic mass is 16.6. The van der Waals surface area contributed by atoms with Gasteiger partial charge >= 0.3 is 5.97 Å². The number of carbonyl (C=O) groups is 1. The lowest BCUT2D eigenvalue weighted by atomic mass is 10.1. The largest absolute Gasteiger partial charge is 0.462 e. The van der Waals surface area contributed by atoms with Gasteiger partial charge in [-0.15, -0.1) is 0 Å². The van der Waals surface area contributed by atoms with Crippen molar-refractivity contribution in [3.63, 3.8) is 0 Å². The maximum atomic E-state index is 11.6. The number of nitrogens with zero attached hydrogens (tertiary/aromatic N) is 1. The zero-order chi connectivity index (χ0) is 15.8. The van der Waals surface area contributed by atoms with E-state index in [1.807, 2.05) is 0 Å². The Morgan fingerprint density at radius 2 is 1.90 bits per heavy atom. The van der Waals surface area contributed by atoms with Crippen molar-refractivity contribution in [2.45, 2.75) is 38.4 Å². The number of hydrogen-bond acceptors (Lipinski definition) is 6. The van der Waals surface area contributed by atoms with E-state index in [0.29, 0.717) is 19.3 Å². The van der Waals surface area contributed by atoms with Gasteiger partial charge in [-0.3, -0.25) is 10.1 Å². The highest BCUT2D eigenvalue weighted by Crippen LogP contribution is 2.13. The van der Waals surface area contributed by atoms with Crippen molar-refractivity contribution in [3.8, 4) is 0 Å². The molecule has 0 aliphatic rings. The van der Waals surface area contributed by atoms with Crippen LogP contribution in [0.3, 0.4) is 0 Å². The highest BCUT2D eigenvalue weighted by Gasteiger charge is 2.12. The molecule has 0 saturated carbocycles. The van der Waals surface area contributed by atoms with Crippen LogP contribution in [0.2, 0.25) is 0 Å². The highest BCUT2D eigenvalue weighted by molar-refractivity contribution is 5.89. The molecule has 0 heterocycles. The average molecular weight is 297 g/mol. The van der Waals surface area contributed by atoms with E-state index >= 15 is 0 Å². The quantitative estimate of drug-likeness (QED) is 0.327. The zero-order valence-electron chi connectivity index (χ0n) is 11.8. The lowest BCUT2D eigenvalue weighted by Gasteiger charge is -2.12. The summed E-state index contributed by atoms with van der Waals surface area (Å²) in [5, 5.41) is 28.9. The van der Waals surface area contributed by atoms with Crippen molar-refractivity contribution in [2.75, 3.05) is 6.61 Å². The molecule has 0 unspecified atom stereocenters. The molecule has 0 fully saturated rings. The Balaban J connectivity index is 2.29. The first-order valence-corrected chi connectivity index (χ1v) is 6.69. The van der Waals surface area contributed by atoms with Crippen molar-refractivity contribution in [1.82, 2.24) is 0 Å². The topological polar surface area (TPSA) is 110 Å². The first-order chi connectivity index (χ1) is 9.91. The summed E-state index contributed by atoms with van der Waals surface area (Å²) >= 11 is 0. The summed E-state index contributed by atoms with van der Waals surface area (Å²) in [5.41, 5.74) is 0.170. The standard InChI is InChI=1S/C14H19NO6/c1-10(16)13(17)4-2-3-9-21-14(18)11-5-7-12(8-6-11)15(19)20/h5-8,10,13,16-17H,2-4,9H2,1H3/t10-,13+/m1/s1. The third kappa shape index (κ3) is 5.88.